The number of carbonyl (C=O) groups is 1. The summed E-state index contributed by atoms with van der Waals surface area (Å²) in [5, 5.41) is 12.8. The number of amides is 1. The maximum absolute atomic E-state index is 11.9. The molecule has 0 aliphatic rings. The quantitative estimate of drug-likeness (QED) is 0.767. The monoisotopic (exact) mass is 258 g/mol. The van der Waals surface area contributed by atoms with Gasteiger partial charge in [0.2, 0.25) is 0 Å². The Kier molecular flexibility index (Phi) is 4.18. The van der Waals surface area contributed by atoms with Gasteiger partial charge in [-0.1, -0.05) is 18.2 Å². The first-order valence-electron chi connectivity index (χ1n) is 6.26. The highest BCUT2D eigenvalue weighted by molar-refractivity contribution is 5.95. The van der Waals surface area contributed by atoms with Gasteiger partial charge in [0.15, 0.2) is 0 Å². The van der Waals surface area contributed by atoms with Crippen molar-refractivity contribution in [3.05, 3.63) is 47.8 Å². The van der Waals surface area contributed by atoms with E-state index in [9.17, 15) is 4.79 Å². The number of anilines is 1. The summed E-state index contributed by atoms with van der Waals surface area (Å²) < 4.78 is 0. The van der Waals surface area contributed by atoms with Gasteiger partial charge in [-0.15, -0.1) is 0 Å². The lowest BCUT2D eigenvalue weighted by molar-refractivity contribution is 0.0941. The van der Waals surface area contributed by atoms with Gasteiger partial charge in [-0.2, -0.15) is 5.10 Å². The molecule has 0 aliphatic heterocycles. The highest BCUT2D eigenvalue weighted by atomic mass is 16.1. The van der Waals surface area contributed by atoms with Gasteiger partial charge in [0, 0.05) is 24.0 Å². The zero-order valence-corrected chi connectivity index (χ0v) is 11.1. The summed E-state index contributed by atoms with van der Waals surface area (Å²) in [7, 11) is 0. The maximum Gasteiger partial charge on any atom is 0.255 e. The minimum absolute atomic E-state index is 0.0296. The number of benzene rings is 1. The van der Waals surface area contributed by atoms with Crippen molar-refractivity contribution in [1.82, 2.24) is 15.5 Å². The van der Waals surface area contributed by atoms with E-state index in [0.717, 1.165) is 11.4 Å². The molecule has 2 rings (SSSR count). The molecule has 0 radical (unpaired) electrons. The molecule has 0 aliphatic carbocycles. The van der Waals surface area contributed by atoms with E-state index in [2.05, 4.69) is 20.8 Å². The van der Waals surface area contributed by atoms with Crippen LogP contribution < -0.4 is 10.6 Å². The van der Waals surface area contributed by atoms with Gasteiger partial charge in [0.05, 0.1) is 11.8 Å². The molecule has 5 nitrogen and oxygen atoms in total. The predicted octanol–water partition coefficient (Wildman–Crippen LogP) is 1.95. The molecule has 19 heavy (non-hydrogen) atoms. The summed E-state index contributed by atoms with van der Waals surface area (Å²) >= 11 is 0. The number of aromatic amines is 1. The molecule has 0 bridgehead atoms. The van der Waals surface area contributed by atoms with Crippen molar-refractivity contribution in [3.8, 4) is 0 Å². The van der Waals surface area contributed by atoms with Crippen LogP contribution in [0.4, 0.5) is 5.69 Å². The topological polar surface area (TPSA) is 69.8 Å². The number of nitrogens with one attached hydrogen (secondary N) is 3. The summed E-state index contributed by atoms with van der Waals surface area (Å²) in [6.45, 7) is 4.46. The van der Waals surface area contributed by atoms with Gasteiger partial charge in [0.1, 0.15) is 0 Å². The van der Waals surface area contributed by atoms with E-state index >= 15 is 0 Å². The molecule has 0 fully saturated rings. The Morgan fingerprint density at radius 3 is 2.74 bits per heavy atom. The summed E-state index contributed by atoms with van der Waals surface area (Å²) in [5.41, 5.74) is 2.41. The molecule has 2 aromatic rings. The zero-order valence-electron chi connectivity index (χ0n) is 11.1. The Balaban J connectivity index is 1.83. The molecule has 5 heteroatoms. The number of nitrogens with zero attached hydrogens (tertiary/aromatic N) is 1. The number of hydrogen-bond acceptors (Lipinski definition) is 3. The van der Waals surface area contributed by atoms with E-state index < -0.39 is 0 Å². The third-order valence-corrected chi connectivity index (χ3v) is 2.84. The Morgan fingerprint density at radius 2 is 2.11 bits per heavy atom. The highest BCUT2D eigenvalue weighted by Gasteiger charge is 2.13. The van der Waals surface area contributed by atoms with E-state index in [-0.39, 0.29) is 11.9 Å². The van der Waals surface area contributed by atoms with Crippen molar-refractivity contribution in [3.63, 3.8) is 0 Å². The molecule has 1 unspecified atom stereocenters. The zero-order chi connectivity index (χ0) is 13.7. The Hall–Kier alpha value is -2.30. The van der Waals surface area contributed by atoms with Gasteiger partial charge in [-0.25, -0.2) is 0 Å². The van der Waals surface area contributed by atoms with E-state index in [1.807, 2.05) is 44.2 Å². The molecule has 100 valence electrons. The van der Waals surface area contributed by atoms with Crippen LogP contribution in [-0.4, -0.2) is 28.7 Å². The van der Waals surface area contributed by atoms with E-state index in [1.165, 1.54) is 0 Å². The number of aromatic nitrogens is 2. The van der Waals surface area contributed by atoms with Crippen LogP contribution in [0.2, 0.25) is 0 Å². The molecule has 1 heterocycles. The minimum atomic E-state index is -0.103. The summed E-state index contributed by atoms with van der Waals surface area (Å²) in [4.78, 5) is 11.9. The Morgan fingerprint density at radius 1 is 1.37 bits per heavy atom. The second kappa shape index (κ2) is 6.04. The van der Waals surface area contributed by atoms with Crippen molar-refractivity contribution in [2.45, 2.75) is 19.9 Å². The fraction of sp³-hybridized carbons (Fsp3) is 0.286. The van der Waals surface area contributed by atoms with Crippen molar-refractivity contribution in [2.75, 3.05) is 11.9 Å². The Bertz CT molecular complexity index is 535. The van der Waals surface area contributed by atoms with Gasteiger partial charge in [-0.05, 0) is 26.0 Å². The van der Waals surface area contributed by atoms with Crippen LogP contribution in [0.3, 0.4) is 0 Å². The minimum Gasteiger partial charge on any atom is -0.383 e. The Labute approximate surface area is 112 Å². The van der Waals surface area contributed by atoms with E-state index in [0.29, 0.717) is 12.1 Å². The molecule has 1 aromatic heterocycles. The number of rotatable bonds is 5. The lowest BCUT2D eigenvalue weighted by Gasteiger charge is -2.15. The predicted molar refractivity (Wildman–Crippen MR) is 75.2 cm³/mol. The molecular formula is C14H18N4O. The van der Waals surface area contributed by atoms with Gasteiger partial charge in [0.25, 0.3) is 5.91 Å². The number of para-hydroxylation sites is 1. The van der Waals surface area contributed by atoms with Crippen LogP contribution in [0.1, 0.15) is 23.0 Å². The number of hydrogen-bond donors (Lipinski definition) is 3. The van der Waals surface area contributed by atoms with Gasteiger partial charge in [-0.3, -0.25) is 9.89 Å². The fourth-order valence-corrected chi connectivity index (χ4v) is 1.76. The SMILES string of the molecule is Cc1[nH]ncc1C(=O)NC(C)CNc1ccccc1. The second-order valence-electron chi connectivity index (χ2n) is 4.53. The third-order valence-electron chi connectivity index (χ3n) is 2.84. The molecule has 1 aromatic carbocycles. The molecule has 1 amide bonds. The lowest BCUT2D eigenvalue weighted by Crippen LogP contribution is -2.37. The van der Waals surface area contributed by atoms with Gasteiger partial charge < -0.3 is 10.6 Å². The standard InChI is InChI=1S/C14H18N4O/c1-10(8-15-12-6-4-3-5-7-12)17-14(19)13-9-16-18-11(13)2/h3-7,9-10,15H,8H2,1-2H3,(H,16,18)(H,17,19). The summed E-state index contributed by atoms with van der Waals surface area (Å²) in [6.07, 6.45) is 1.54. The molecule has 3 N–H and O–H groups in total. The number of H-pyrrole nitrogens is 1. The second-order valence-corrected chi connectivity index (χ2v) is 4.53. The maximum atomic E-state index is 11.9. The first kappa shape index (κ1) is 13.1. The number of aryl methyl sites for hydroxylation is 1. The first-order chi connectivity index (χ1) is 9.16. The molecular weight excluding hydrogens is 240 g/mol. The average molecular weight is 258 g/mol. The van der Waals surface area contributed by atoms with Crippen LogP contribution in [0.15, 0.2) is 36.5 Å². The fourth-order valence-electron chi connectivity index (χ4n) is 1.76. The van der Waals surface area contributed by atoms with E-state index in [4.69, 9.17) is 0 Å². The molecule has 0 spiro atoms. The van der Waals surface area contributed by atoms with Crippen LogP contribution >= 0.6 is 0 Å². The smallest absolute Gasteiger partial charge is 0.255 e. The third kappa shape index (κ3) is 3.58. The van der Waals surface area contributed by atoms with Crippen LogP contribution in [-0.2, 0) is 0 Å². The molecule has 0 saturated heterocycles. The van der Waals surface area contributed by atoms with Crippen LogP contribution in [0, 0.1) is 6.92 Å². The van der Waals surface area contributed by atoms with E-state index in [1.54, 1.807) is 6.20 Å². The van der Waals surface area contributed by atoms with Crippen LogP contribution in [0.25, 0.3) is 0 Å². The van der Waals surface area contributed by atoms with Crippen molar-refractivity contribution >= 4 is 11.6 Å². The highest BCUT2D eigenvalue weighted by Crippen LogP contribution is 2.05. The average Bonchev–Trinajstić information content (AvgIpc) is 2.84. The van der Waals surface area contributed by atoms with Gasteiger partial charge >= 0.3 is 0 Å². The number of carbonyl (C=O) groups excluding carboxylic acids is 1. The molecule has 0 saturated carbocycles. The summed E-state index contributed by atoms with van der Waals surface area (Å²) in [6, 6.07) is 9.93. The van der Waals surface area contributed by atoms with Crippen molar-refractivity contribution in [2.24, 2.45) is 0 Å². The molecule has 1 atom stereocenters. The van der Waals surface area contributed by atoms with Crippen molar-refractivity contribution < 1.29 is 4.79 Å². The van der Waals surface area contributed by atoms with Crippen LogP contribution in [0.5, 0.6) is 0 Å². The largest absolute Gasteiger partial charge is 0.383 e. The first-order valence-corrected chi connectivity index (χ1v) is 6.26. The van der Waals surface area contributed by atoms with Crippen molar-refractivity contribution in [1.29, 1.82) is 0 Å². The summed E-state index contributed by atoms with van der Waals surface area (Å²) in [5.74, 6) is -0.103. The normalized spacial score (nSPS) is 11.9. The lowest BCUT2D eigenvalue weighted by atomic mass is 10.2.